The minimum absolute atomic E-state index is 0.182. The molecule has 0 bridgehead atoms. The van der Waals surface area contributed by atoms with Gasteiger partial charge >= 0.3 is 0 Å². The average Bonchev–Trinajstić information content (AvgIpc) is 2.90. The molecule has 88 valence electrons. The number of fused-ring (bicyclic) bond motifs is 3. The molecule has 0 amide bonds. The number of aryl methyl sites for hydroxylation is 1. The van der Waals surface area contributed by atoms with Gasteiger partial charge in [0.05, 0.1) is 16.7 Å². The van der Waals surface area contributed by atoms with E-state index in [-0.39, 0.29) is 6.54 Å². The maximum Gasteiger partial charge on any atom is 0.214 e. The first-order valence-electron chi connectivity index (χ1n) is 5.53. The van der Waals surface area contributed by atoms with E-state index in [9.17, 15) is 5.11 Å². The first-order chi connectivity index (χ1) is 8.22. The Morgan fingerprint density at radius 2 is 2.06 bits per heavy atom. The average molecular weight is 230 g/mol. The number of hydrogen-bond donors (Lipinski definition) is 2. The number of imidazole rings is 2. The van der Waals surface area contributed by atoms with Gasteiger partial charge in [0.25, 0.3) is 0 Å². The van der Waals surface area contributed by atoms with E-state index in [4.69, 9.17) is 5.73 Å². The lowest BCUT2D eigenvalue weighted by Crippen LogP contribution is -2.11. The summed E-state index contributed by atoms with van der Waals surface area (Å²) in [5.41, 5.74) is 8.25. The Labute approximate surface area is 98.1 Å². The Kier molecular flexibility index (Phi) is 2.17. The Bertz CT molecular complexity index is 682. The zero-order valence-electron chi connectivity index (χ0n) is 9.54. The smallest absolute Gasteiger partial charge is 0.214 e. The summed E-state index contributed by atoms with van der Waals surface area (Å²) in [7, 11) is 1.96. The number of nitrogens with two attached hydrogens (primary N) is 1. The van der Waals surface area contributed by atoms with Gasteiger partial charge in [-0.05, 0) is 12.1 Å². The second-order valence-corrected chi connectivity index (χ2v) is 4.14. The number of benzene rings is 1. The molecule has 1 aromatic carbocycles. The van der Waals surface area contributed by atoms with Gasteiger partial charge in [-0.3, -0.25) is 4.40 Å². The standard InChI is InChI=1S/C12H14N4O/c1-15-9-4-2-3-5-10(9)16-7-8(11(17)6-13)14-12(15)16/h2-5,7,11,17H,6,13H2,1H3. The number of nitrogens with zero attached hydrogens (tertiary/aromatic N) is 3. The molecule has 5 heteroatoms. The molecule has 0 aliphatic heterocycles. The van der Waals surface area contributed by atoms with Crippen molar-refractivity contribution in [2.24, 2.45) is 12.8 Å². The number of aliphatic hydroxyl groups is 1. The van der Waals surface area contributed by atoms with E-state index in [1.807, 2.05) is 46.5 Å². The molecule has 0 saturated carbocycles. The van der Waals surface area contributed by atoms with Crippen LogP contribution in [0.15, 0.2) is 30.5 Å². The molecule has 0 fully saturated rings. The summed E-state index contributed by atoms with van der Waals surface area (Å²) in [5, 5.41) is 9.70. The normalized spacial score (nSPS) is 13.6. The summed E-state index contributed by atoms with van der Waals surface area (Å²) in [4.78, 5) is 4.42. The van der Waals surface area contributed by atoms with Crippen LogP contribution in [0.4, 0.5) is 0 Å². The summed E-state index contributed by atoms with van der Waals surface area (Å²) in [6.45, 7) is 0.182. The van der Waals surface area contributed by atoms with Crippen molar-refractivity contribution in [2.75, 3.05) is 6.54 Å². The molecule has 3 N–H and O–H groups in total. The molecule has 2 heterocycles. The fourth-order valence-corrected chi connectivity index (χ4v) is 2.14. The molecule has 0 spiro atoms. The molecule has 1 atom stereocenters. The quantitative estimate of drug-likeness (QED) is 0.684. The van der Waals surface area contributed by atoms with Crippen LogP contribution in [0.5, 0.6) is 0 Å². The fraction of sp³-hybridized carbons (Fsp3) is 0.250. The van der Waals surface area contributed by atoms with Crippen molar-refractivity contribution in [1.82, 2.24) is 14.0 Å². The van der Waals surface area contributed by atoms with E-state index >= 15 is 0 Å². The highest BCUT2D eigenvalue weighted by Gasteiger charge is 2.14. The topological polar surface area (TPSA) is 68.5 Å². The fourth-order valence-electron chi connectivity index (χ4n) is 2.14. The zero-order chi connectivity index (χ0) is 12.0. The van der Waals surface area contributed by atoms with Crippen molar-refractivity contribution in [1.29, 1.82) is 0 Å². The number of rotatable bonds is 2. The van der Waals surface area contributed by atoms with Gasteiger partial charge in [-0.15, -0.1) is 0 Å². The molecular weight excluding hydrogens is 216 g/mol. The number of hydrogen-bond acceptors (Lipinski definition) is 3. The van der Waals surface area contributed by atoms with Gasteiger partial charge in [-0.1, -0.05) is 12.1 Å². The molecule has 0 saturated heterocycles. The van der Waals surface area contributed by atoms with Crippen LogP contribution in [0.25, 0.3) is 16.8 Å². The SMILES string of the molecule is Cn1c2ccccc2n2cc(C(O)CN)nc12. The molecule has 1 unspecified atom stereocenters. The van der Waals surface area contributed by atoms with Crippen molar-refractivity contribution in [3.8, 4) is 0 Å². The van der Waals surface area contributed by atoms with Crippen molar-refractivity contribution in [3.05, 3.63) is 36.2 Å². The monoisotopic (exact) mass is 230 g/mol. The maximum atomic E-state index is 9.70. The molecule has 0 aliphatic carbocycles. The summed E-state index contributed by atoms with van der Waals surface area (Å²) in [6.07, 6.45) is 1.14. The van der Waals surface area contributed by atoms with Crippen LogP contribution in [0.3, 0.4) is 0 Å². The van der Waals surface area contributed by atoms with E-state index in [1.54, 1.807) is 0 Å². The highest BCUT2D eigenvalue weighted by atomic mass is 16.3. The van der Waals surface area contributed by atoms with Gasteiger partial charge in [0.1, 0.15) is 6.10 Å². The minimum Gasteiger partial charge on any atom is -0.385 e. The molecule has 3 rings (SSSR count). The van der Waals surface area contributed by atoms with E-state index in [0.717, 1.165) is 16.8 Å². The Morgan fingerprint density at radius 1 is 1.35 bits per heavy atom. The Balaban J connectivity index is 2.34. The van der Waals surface area contributed by atoms with Crippen molar-refractivity contribution in [2.45, 2.75) is 6.10 Å². The van der Waals surface area contributed by atoms with E-state index in [2.05, 4.69) is 4.98 Å². The largest absolute Gasteiger partial charge is 0.385 e. The van der Waals surface area contributed by atoms with Crippen LogP contribution >= 0.6 is 0 Å². The number of aliphatic hydroxyl groups excluding tert-OH is 1. The number of para-hydroxylation sites is 2. The van der Waals surface area contributed by atoms with Gasteiger partial charge in [-0.25, -0.2) is 4.98 Å². The minimum atomic E-state index is -0.700. The lowest BCUT2D eigenvalue weighted by molar-refractivity contribution is 0.182. The van der Waals surface area contributed by atoms with Crippen LogP contribution in [-0.4, -0.2) is 25.6 Å². The Morgan fingerprint density at radius 3 is 2.76 bits per heavy atom. The van der Waals surface area contributed by atoms with Crippen LogP contribution in [-0.2, 0) is 7.05 Å². The van der Waals surface area contributed by atoms with Gasteiger partial charge in [0, 0.05) is 19.8 Å². The predicted molar refractivity (Wildman–Crippen MR) is 65.7 cm³/mol. The lowest BCUT2D eigenvalue weighted by Gasteiger charge is -2.01. The molecule has 2 aromatic heterocycles. The molecule has 0 aliphatic rings. The van der Waals surface area contributed by atoms with E-state index in [1.165, 1.54) is 0 Å². The van der Waals surface area contributed by atoms with E-state index in [0.29, 0.717) is 5.69 Å². The number of aromatic nitrogens is 3. The predicted octanol–water partition coefficient (Wildman–Crippen LogP) is 0.818. The summed E-state index contributed by atoms with van der Waals surface area (Å²) >= 11 is 0. The van der Waals surface area contributed by atoms with Gasteiger partial charge < -0.3 is 15.4 Å². The van der Waals surface area contributed by atoms with Crippen LogP contribution in [0.2, 0.25) is 0 Å². The molecular formula is C12H14N4O. The summed E-state index contributed by atoms with van der Waals surface area (Å²) < 4.78 is 3.98. The van der Waals surface area contributed by atoms with Gasteiger partial charge in [0.15, 0.2) is 0 Å². The van der Waals surface area contributed by atoms with Crippen LogP contribution < -0.4 is 5.73 Å². The molecule has 17 heavy (non-hydrogen) atoms. The first-order valence-corrected chi connectivity index (χ1v) is 5.53. The Hall–Kier alpha value is -1.85. The highest BCUT2D eigenvalue weighted by molar-refractivity contribution is 5.80. The third-order valence-electron chi connectivity index (χ3n) is 3.07. The van der Waals surface area contributed by atoms with Gasteiger partial charge in [-0.2, -0.15) is 0 Å². The zero-order valence-corrected chi connectivity index (χ0v) is 9.54. The molecule has 5 nitrogen and oxygen atoms in total. The van der Waals surface area contributed by atoms with E-state index < -0.39 is 6.10 Å². The van der Waals surface area contributed by atoms with Crippen molar-refractivity contribution >= 4 is 16.8 Å². The molecule has 3 aromatic rings. The lowest BCUT2D eigenvalue weighted by atomic mass is 10.3. The van der Waals surface area contributed by atoms with Crippen molar-refractivity contribution < 1.29 is 5.11 Å². The van der Waals surface area contributed by atoms with Crippen LogP contribution in [0, 0.1) is 0 Å². The third-order valence-corrected chi connectivity index (χ3v) is 3.07. The summed E-state index contributed by atoms with van der Waals surface area (Å²) in [6, 6.07) is 8.06. The second kappa shape index (κ2) is 3.58. The maximum absolute atomic E-state index is 9.70. The van der Waals surface area contributed by atoms with Crippen LogP contribution in [0.1, 0.15) is 11.8 Å². The summed E-state index contributed by atoms with van der Waals surface area (Å²) in [5.74, 6) is 0.814. The first kappa shape index (κ1) is 10.3. The van der Waals surface area contributed by atoms with Gasteiger partial charge in [0.2, 0.25) is 5.78 Å². The highest BCUT2D eigenvalue weighted by Crippen LogP contribution is 2.21. The van der Waals surface area contributed by atoms with Crippen molar-refractivity contribution in [3.63, 3.8) is 0 Å². The molecule has 0 radical (unpaired) electrons. The second-order valence-electron chi connectivity index (χ2n) is 4.14. The third kappa shape index (κ3) is 1.36.